The maximum atomic E-state index is 11.5. The Bertz CT molecular complexity index is 430. The molecule has 0 aliphatic carbocycles. The third-order valence-corrected chi connectivity index (χ3v) is 3.10. The number of likely N-dealkylation sites (N-methyl/N-ethyl adjacent to an activating group) is 1. The second-order valence-corrected chi connectivity index (χ2v) is 4.77. The van der Waals surface area contributed by atoms with Crippen molar-refractivity contribution in [2.45, 2.75) is 13.5 Å². The summed E-state index contributed by atoms with van der Waals surface area (Å²) in [5.74, 6) is 0.197. The third-order valence-electron chi connectivity index (χ3n) is 2.69. The summed E-state index contributed by atoms with van der Waals surface area (Å²) in [6.07, 6.45) is 1.80. The summed E-state index contributed by atoms with van der Waals surface area (Å²) in [7, 11) is 2.00. The van der Waals surface area contributed by atoms with Crippen LogP contribution in [0.15, 0.2) is 29.2 Å². The van der Waals surface area contributed by atoms with Crippen molar-refractivity contribution in [3.05, 3.63) is 34.7 Å². The van der Waals surface area contributed by atoms with Gasteiger partial charge in [0.25, 0.3) is 5.56 Å². The Hall–Kier alpha value is -1.20. The highest BCUT2D eigenvalue weighted by atomic mass is 32.1. The molecule has 0 saturated carbocycles. The Morgan fingerprint density at radius 2 is 2.29 bits per heavy atom. The zero-order chi connectivity index (χ0) is 12.8. The van der Waals surface area contributed by atoms with Gasteiger partial charge in [0.1, 0.15) is 0 Å². The SMILES string of the molecule is CC(CN(C)CCn1ccccc1=O)C(N)=S. The maximum absolute atomic E-state index is 11.5. The highest BCUT2D eigenvalue weighted by Gasteiger charge is 2.08. The summed E-state index contributed by atoms with van der Waals surface area (Å²) in [5.41, 5.74) is 5.60. The molecule has 1 atom stereocenters. The quantitative estimate of drug-likeness (QED) is 0.758. The van der Waals surface area contributed by atoms with Gasteiger partial charge in [0.15, 0.2) is 0 Å². The van der Waals surface area contributed by atoms with E-state index in [0.29, 0.717) is 11.5 Å². The van der Waals surface area contributed by atoms with Crippen LogP contribution in [-0.2, 0) is 6.54 Å². The average molecular weight is 253 g/mol. The number of aromatic nitrogens is 1. The van der Waals surface area contributed by atoms with E-state index in [1.165, 1.54) is 0 Å². The molecule has 0 aliphatic rings. The van der Waals surface area contributed by atoms with Crippen LogP contribution < -0.4 is 11.3 Å². The lowest BCUT2D eigenvalue weighted by atomic mass is 10.2. The van der Waals surface area contributed by atoms with Crippen molar-refractivity contribution < 1.29 is 0 Å². The van der Waals surface area contributed by atoms with Crippen LogP contribution in [0.25, 0.3) is 0 Å². The summed E-state index contributed by atoms with van der Waals surface area (Å²) in [6.45, 7) is 4.31. The summed E-state index contributed by atoms with van der Waals surface area (Å²) in [4.78, 5) is 14.1. The number of hydrogen-bond donors (Lipinski definition) is 1. The van der Waals surface area contributed by atoms with Crippen molar-refractivity contribution in [3.63, 3.8) is 0 Å². The molecule has 5 heteroatoms. The van der Waals surface area contributed by atoms with E-state index in [0.717, 1.165) is 13.1 Å². The predicted molar refractivity (Wildman–Crippen MR) is 74.1 cm³/mol. The zero-order valence-corrected chi connectivity index (χ0v) is 11.1. The second kappa shape index (κ2) is 6.51. The van der Waals surface area contributed by atoms with E-state index in [-0.39, 0.29) is 11.5 Å². The molecule has 0 amide bonds. The van der Waals surface area contributed by atoms with Crippen LogP contribution in [-0.4, -0.2) is 34.6 Å². The molecule has 0 radical (unpaired) electrons. The largest absolute Gasteiger partial charge is 0.393 e. The van der Waals surface area contributed by atoms with Gasteiger partial charge in [-0.25, -0.2) is 0 Å². The fourth-order valence-corrected chi connectivity index (χ4v) is 1.65. The molecule has 1 aromatic heterocycles. The molecule has 0 fully saturated rings. The van der Waals surface area contributed by atoms with Crippen LogP contribution in [0.4, 0.5) is 0 Å². The average Bonchev–Trinajstić information content (AvgIpc) is 2.27. The van der Waals surface area contributed by atoms with Crippen LogP contribution in [0.5, 0.6) is 0 Å². The van der Waals surface area contributed by atoms with Crippen molar-refractivity contribution in [1.29, 1.82) is 0 Å². The molecule has 0 saturated heterocycles. The number of hydrogen-bond acceptors (Lipinski definition) is 3. The second-order valence-electron chi connectivity index (χ2n) is 4.30. The fraction of sp³-hybridized carbons (Fsp3) is 0.500. The van der Waals surface area contributed by atoms with Gasteiger partial charge >= 0.3 is 0 Å². The van der Waals surface area contributed by atoms with Gasteiger partial charge in [-0.05, 0) is 13.1 Å². The van der Waals surface area contributed by atoms with Crippen molar-refractivity contribution in [1.82, 2.24) is 9.47 Å². The van der Waals surface area contributed by atoms with Gasteiger partial charge in [-0.3, -0.25) is 4.79 Å². The molecule has 0 spiro atoms. The minimum absolute atomic E-state index is 0.0308. The maximum Gasteiger partial charge on any atom is 0.250 e. The van der Waals surface area contributed by atoms with Crippen LogP contribution in [0.2, 0.25) is 0 Å². The van der Waals surface area contributed by atoms with Crippen molar-refractivity contribution in [3.8, 4) is 0 Å². The number of rotatable bonds is 6. The lowest BCUT2D eigenvalue weighted by Gasteiger charge is -2.20. The molecule has 17 heavy (non-hydrogen) atoms. The van der Waals surface area contributed by atoms with E-state index < -0.39 is 0 Å². The Labute approximate surface area is 107 Å². The summed E-state index contributed by atoms with van der Waals surface area (Å²) in [6, 6.07) is 5.17. The molecule has 0 aliphatic heterocycles. The minimum Gasteiger partial charge on any atom is -0.393 e. The lowest BCUT2D eigenvalue weighted by molar-refractivity contribution is 0.300. The third kappa shape index (κ3) is 4.66. The number of thiocarbonyl (C=S) groups is 1. The molecule has 0 bridgehead atoms. The molecule has 1 rings (SSSR count). The number of nitrogens with zero attached hydrogens (tertiary/aromatic N) is 2. The monoisotopic (exact) mass is 253 g/mol. The predicted octanol–water partition coefficient (Wildman–Crippen LogP) is 0.702. The van der Waals surface area contributed by atoms with E-state index in [1.807, 2.05) is 20.0 Å². The minimum atomic E-state index is 0.0308. The summed E-state index contributed by atoms with van der Waals surface area (Å²) >= 11 is 4.93. The van der Waals surface area contributed by atoms with Gasteiger partial charge in [0.2, 0.25) is 0 Å². The smallest absolute Gasteiger partial charge is 0.250 e. The van der Waals surface area contributed by atoms with Gasteiger partial charge in [-0.1, -0.05) is 25.2 Å². The molecule has 1 aromatic rings. The first-order valence-corrected chi connectivity index (χ1v) is 6.05. The van der Waals surface area contributed by atoms with E-state index >= 15 is 0 Å². The molecule has 1 unspecified atom stereocenters. The highest BCUT2D eigenvalue weighted by molar-refractivity contribution is 7.80. The van der Waals surface area contributed by atoms with Crippen molar-refractivity contribution in [2.24, 2.45) is 11.7 Å². The summed E-state index contributed by atoms with van der Waals surface area (Å²) < 4.78 is 1.70. The van der Waals surface area contributed by atoms with Gasteiger partial charge in [-0.15, -0.1) is 0 Å². The first kappa shape index (κ1) is 13.9. The number of pyridine rings is 1. The molecular weight excluding hydrogens is 234 g/mol. The molecule has 4 nitrogen and oxygen atoms in total. The van der Waals surface area contributed by atoms with E-state index in [9.17, 15) is 4.79 Å². The van der Waals surface area contributed by atoms with Crippen molar-refractivity contribution in [2.75, 3.05) is 20.1 Å². The van der Waals surface area contributed by atoms with Crippen molar-refractivity contribution >= 4 is 17.2 Å². The Balaban J connectivity index is 2.44. The van der Waals surface area contributed by atoms with Gasteiger partial charge in [-0.2, -0.15) is 0 Å². The topological polar surface area (TPSA) is 51.3 Å². The first-order valence-electron chi connectivity index (χ1n) is 5.64. The van der Waals surface area contributed by atoms with E-state index in [4.69, 9.17) is 18.0 Å². The van der Waals surface area contributed by atoms with Gasteiger partial charge in [0, 0.05) is 37.8 Å². The Morgan fingerprint density at radius 1 is 1.59 bits per heavy atom. The van der Waals surface area contributed by atoms with Gasteiger partial charge < -0.3 is 15.2 Å². The lowest BCUT2D eigenvalue weighted by Crippen LogP contribution is -2.34. The van der Waals surface area contributed by atoms with Crippen LogP contribution in [0.3, 0.4) is 0 Å². The number of nitrogens with two attached hydrogens (primary N) is 1. The van der Waals surface area contributed by atoms with Crippen LogP contribution in [0, 0.1) is 5.92 Å². The van der Waals surface area contributed by atoms with E-state index in [1.54, 1.807) is 22.9 Å². The highest BCUT2D eigenvalue weighted by Crippen LogP contribution is 1.98. The zero-order valence-electron chi connectivity index (χ0n) is 10.3. The van der Waals surface area contributed by atoms with Crippen LogP contribution in [0.1, 0.15) is 6.92 Å². The Morgan fingerprint density at radius 3 is 2.88 bits per heavy atom. The standard InChI is InChI=1S/C12H19N3OS/c1-10(12(13)17)9-14(2)7-8-15-6-4-3-5-11(15)16/h3-6,10H,7-9H2,1-2H3,(H2,13,17). The first-order chi connectivity index (χ1) is 8.00. The summed E-state index contributed by atoms with van der Waals surface area (Å²) in [5, 5.41) is 0. The molecular formula is C12H19N3OS. The molecule has 0 aromatic carbocycles. The Kier molecular flexibility index (Phi) is 5.31. The van der Waals surface area contributed by atoms with Gasteiger partial charge in [0.05, 0.1) is 4.99 Å². The van der Waals surface area contributed by atoms with E-state index in [2.05, 4.69) is 4.90 Å². The van der Waals surface area contributed by atoms with Crippen LogP contribution >= 0.6 is 12.2 Å². The normalized spacial score (nSPS) is 12.6. The molecule has 2 N–H and O–H groups in total. The molecule has 1 heterocycles. The fourth-order valence-electron chi connectivity index (χ4n) is 1.57. The molecule has 94 valence electrons.